The molecule has 2 heterocycles. The lowest BCUT2D eigenvalue weighted by Gasteiger charge is -2.34. The summed E-state index contributed by atoms with van der Waals surface area (Å²) in [4.78, 5) is 49.9. The summed E-state index contributed by atoms with van der Waals surface area (Å²) < 4.78 is 11.1. The van der Waals surface area contributed by atoms with E-state index in [0.717, 1.165) is 25.4 Å². The number of hydrogen-bond acceptors (Lipinski definition) is 7. The van der Waals surface area contributed by atoms with Crippen molar-refractivity contribution in [2.75, 3.05) is 44.6 Å². The van der Waals surface area contributed by atoms with E-state index < -0.39 is 23.6 Å². The van der Waals surface area contributed by atoms with Crippen LogP contribution in [0.1, 0.15) is 36.8 Å². The predicted molar refractivity (Wildman–Crippen MR) is 160 cm³/mol. The van der Waals surface area contributed by atoms with Gasteiger partial charge in [0.2, 0.25) is 5.91 Å². The van der Waals surface area contributed by atoms with Crippen LogP contribution >= 0.6 is 11.6 Å². The van der Waals surface area contributed by atoms with E-state index in [9.17, 15) is 14.4 Å². The second-order valence-electron chi connectivity index (χ2n) is 11.0. The van der Waals surface area contributed by atoms with Gasteiger partial charge in [0.1, 0.15) is 24.0 Å². The van der Waals surface area contributed by atoms with Gasteiger partial charge >= 0.3 is 6.09 Å². The second-order valence-corrected chi connectivity index (χ2v) is 11.4. The minimum absolute atomic E-state index is 0.107. The molecule has 1 aromatic heterocycles. The molecule has 1 aliphatic rings. The van der Waals surface area contributed by atoms with Crippen molar-refractivity contribution in [2.45, 2.75) is 38.8 Å². The number of nitrogens with one attached hydrogen (secondary N) is 3. The zero-order valence-electron chi connectivity index (χ0n) is 24.1. The van der Waals surface area contributed by atoms with Crippen LogP contribution in [0.5, 0.6) is 5.75 Å². The monoisotopic (exact) mass is 596 g/mol. The third-order valence-corrected chi connectivity index (χ3v) is 6.76. The van der Waals surface area contributed by atoms with Crippen molar-refractivity contribution in [3.63, 3.8) is 0 Å². The average Bonchev–Trinajstić information content (AvgIpc) is 3.46. The van der Waals surface area contributed by atoms with Crippen LogP contribution in [0.3, 0.4) is 0 Å². The van der Waals surface area contributed by atoms with Crippen molar-refractivity contribution < 1.29 is 23.9 Å². The van der Waals surface area contributed by atoms with Gasteiger partial charge in [-0.25, -0.2) is 9.78 Å². The Morgan fingerprint density at radius 3 is 2.48 bits per heavy atom. The summed E-state index contributed by atoms with van der Waals surface area (Å²) in [5.74, 6) is 0.215. The lowest BCUT2D eigenvalue weighted by molar-refractivity contribution is -0.118. The molecule has 224 valence electrons. The Morgan fingerprint density at radius 1 is 1.07 bits per heavy atom. The number of benzene rings is 2. The van der Waals surface area contributed by atoms with Gasteiger partial charge in [0.15, 0.2) is 0 Å². The normalized spacial score (nSPS) is 14.6. The Balaban J connectivity index is 1.30. The highest BCUT2D eigenvalue weighted by Crippen LogP contribution is 2.17. The number of halogens is 1. The lowest BCUT2D eigenvalue weighted by atomic mass is 10.1. The molecule has 2 aromatic carbocycles. The Morgan fingerprint density at radius 2 is 1.81 bits per heavy atom. The van der Waals surface area contributed by atoms with E-state index >= 15 is 0 Å². The third-order valence-electron chi connectivity index (χ3n) is 6.51. The van der Waals surface area contributed by atoms with Gasteiger partial charge in [-0.1, -0.05) is 17.7 Å². The van der Waals surface area contributed by atoms with E-state index in [1.54, 1.807) is 63.4 Å². The lowest BCUT2D eigenvalue weighted by Crippen LogP contribution is -2.49. The zero-order valence-corrected chi connectivity index (χ0v) is 24.8. The first-order valence-electron chi connectivity index (χ1n) is 13.8. The van der Waals surface area contributed by atoms with E-state index in [0.29, 0.717) is 41.7 Å². The van der Waals surface area contributed by atoms with Crippen molar-refractivity contribution >= 4 is 35.2 Å². The van der Waals surface area contributed by atoms with Crippen molar-refractivity contribution in [1.29, 1.82) is 0 Å². The van der Waals surface area contributed by atoms with Gasteiger partial charge in [-0.15, -0.1) is 0 Å². The van der Waals surface area contributed by atoms with Crippen LogP contribution in [0, 0.1) is 0 Å². The SMILES string of the molecule is CC(C)(C)OC(=O)N[C@@H](Cc1cnc[nH]1)C(=O)Nc1cccc(C(=O)N2CCN(CCOc3ccc(Cl)cc3)CC2)c1. The summed E-state index contributed by atoms with van der Waals surface area (Å²) in [6.07, 6.45) is 2.56. The number of carbonyl (C=O) groups excluding carboxylic acids is 3. The first kappa shape index (κ1) is 30.9. The van der Waals surface area contributed by atoms with Crippen molar-refractivity contribution in [3.8, 4) is 5.75 Å². The molecule has 0 spiro atoms. The molecular weight excluding hydrogens is 560 g/mol. The fraction of sp³-hybridized carbons (Fsp3) is 0.400. The summed E-state index contributed by atoms with van der Waals surface area (Å²) >= 11 is 5.92. The smallest absolute Gasteiger partial charge is 0.408 e. The van der Waals surface area contributed by atoms with Gasteiger partial charge in [0.05, 0.1) is 6.33 Å². The maximum absolute atomic E-state index is 13.3. The molecule has 3 N–H and O–H groups in total. The molecule has 3 aromatic rings. The first-order chi connectivity index (χ1) is 20.1. The molecule has 1 fully saturated rings. The topological polar surface area (TPSA) is 129 Å². The molecule has 11 nitrogen and oxygen atoms in total. The molecule has 0 saturated carbocycles. The minimum atomic E-state index is -0.934. The van der Waals surface area contributed by atoms with Gasteiger partial charge in [0, 0.05) is 67.3 Å². The maximum Gasteiger partial charge on any atom is 0.408 e. The van der Waals surface area contributed by atoms with E-state index in [2.05, 4.69) is 25.5 Å². The largest absolute Gasteiger partial charge is 0.492 e. The van der Waals surface area contributed by atoms with Crippen LogP contribution in [0.4, 0.5) is 10.5 Å². The van der Waals surface area contributed by atoms with Crippen molar-refractivity contribution in [1.82, 2.24) is 25.1 Å². The molecule has 4 rings (SSSR count). The number of hydrogen-bond donors (Lipinski definition) is 3. The number of H-pyrrole nitrogens is 1. The number of aromatic nitrogens is 2. The van der Waals surface area contributed by atoms with Crippen LogP contribution < -0.4 is 15.4 Å². The molecule has 0 bridgehead atoms. The van der Waals surface area contributed by atoms with Crippen molar-refractivity contribution in [3.05, 3.63) is 77.3 Å². The molecule has 1 saturated heterocycles. The van der Waals surface area contributed by atoms with Crippen molar-refractivity contribution in [2.24, 2.45) is 0 Å². The summed E-state index contributed by atoms with van der Waals surface area (Å²) in [6.45, 7) is 9.17. The number of nitrogens with zero attached hydrogens (tertiary/aromatic N) is 3. The Bertz CT molecular complexity index is 1330. The Kier molecular flexibility index (Phi) is 10.4. The molecule has 12 heteroatoms. The summed E-state index contributed by atoms with van der Waals surface area (Å²) in [6, 6.07) is 13.1. The number of carbonyl (C=O) groups is 3. The van der Waals surface area contributed by atoms with Gasteiger partial charge in [-0.3, -0.25) is 14.5 Å². The molecule has 1 aliphatic heterocycles. The number of aromatic amines is 1. The molecule has 42 heavy (non-hydrogen) atoms. The number of piperazine rings is 1. The maximum atomic E-state index is 13.3. The highest BCUT2D eigenvalue weighted by atomic mass is 35.5. The standard InChI is InChI=1S/C30H37ClN6O5/c1-30(2,3)42-29(40)35-26(18-24-19-32-20-33-24)27(38)34-23-6-4-5-21(17-23)28(39)37-13-11-36(12-14-37)15-16-41-25-9-7-22(31)8-10-25/h4-10,17,19-20,26H,11-16,18H2,1-3H3,(H,32,33)(H,34,38)(H,35,40)/t26-/m0/s1. The fourth-order valence-electron chi connectivity index (χ4n) is 4.42. The highest BCUT2D eigenvalue weighted by Gasteiger charge is 2.26. The van der Waals surface area contributed by atoms with E-state index in [-0.39, 0.29) is 12.3 Å². The molecular formula is C30H37ClN6O5. The number of alkyl carbamates (subject to hydrolysis) is 1. The number of ether oxygens (including phenoxy) is 2. The summed E-state index contributed by atoms with van der Waals surface area (Å²) in [7, 11) is 0. The molecule has 0 unspecified atom stereocenters. The number of imidazole rings is 1. The van der Waals surface area contributed by atoms with Crippen LogP contribution in [-0.4, -0.2) is 88.6 Å². The summed E-state index contributed by atoms with van der Waals surface area (Å²) in [5.41, 5.74) is 0.873. The number of amides is 3. The van der Waals surface area contributed by atoms with E-state index in [1.807, 2.05) is 17.0 Å². The van der Waals surface area contributed by atoms with Crippen LogP contribution in [0.25, 0.3) is 0 Å². The average molecular weight is 597 g/mol. The highest BCUT2D eigenvalue weighted by molar-refractivity contribution is 6.30. The molecule has 0 aliphatic carbocycles. The quantitative estimate of drug-likeness (QED) is 0.323. The third kappa shape index (κ3) is 9.49. The van der Waals surface area contributed by atoms with E-state index in [4.69, 9.17) is 21.1 Å². The van der Waals surface area contributed by atoms with Gasteiger partial charge in [-0.05, 0) is 63.2 Å². The zero-order chi connectivity index (χ0) is 30.1. The Hall–Kier alpha value is -4.09. The first-order valence-corrected chi connectivity index (χ1v) is 14.2. The van der Waals surface area contributed by atoms with Crippen LogP contribution in [0.2, 0.25) is 5.02 Å². The number of rotatable bonds is 10. The van der Waals surface area contributed by atoms with Gasteiger partial charge < -0.3 is 30.0 Å². The van der Waals surface area contributed by atoms with E-state index in [1.165, 1.54) is 6.33 Å². The fourth-order valence-corrected chi connectivity index (χ4v) is 4.54. The summed E-state index contributed by atoms with van der Waals surface area (Å²) in [5, 5.41) is 6.13. The van der Waals surface area contributed by atoms with Gasteiger partial charge in [0.25, 0.3) is 5.91 Å². The molecule has 3 amide bonds. The molecule has 1 atom stereocenters. The molecule has 0 radical (unpaired) electrons. The van der Waals surface area contributed by atoms with Crippen LogP contribution in [-0.2, 0) is 16.0 Å². The van der Waals surface area contributed by atoms with Gasteiger partial charge in [-0.2, -0.15) is 0 Å². The Labute approximate surface area is 250 Å². The second kappa shape index (κ2) is 14.2. The minimum Gasteiger partial charge on any atom is -0.492 e. The van der Waals surface area contributed by atoms with Crippen LogP contribution in [0.15, 0.2) is 61.1 Å². The predicted octanol–water partition coefficient (Wildman–Crippen LogP) is 3.97. The number of anilines is 1.